The van der Waals surface area contributed by atoms with Crippen molar-refractivity contribution >= 4 is 11.3 Å². The minimum Gasteiger partial charge on any atom is -0.396 e. The quantitative estimate of drug-likeness (QED) is 0.787. The van der Waals surface area contributed by atoms with Crippen molar-refractivity contribution in [2.45, 2.75) is 25.4 Å². The molecule has 0 aliphatic heterocycles. The molecule has 1 aromatic carbocycles. The number of aliphatic hydroxyl groups excluding tert-OH is 1. The number of hydrogen-bond donors (Lipinski definition) is 2. The van der Waals surface area contributed by atoms with Gasteiger partial charge in [-0.05, 0) is 18.9 Å². The monoisotopic (exact) mass is 306 g/mol. The second-order valence-electron chi connectivity index (χ2n) is 5.31. The predicted octanol–water partition coefficient (Wildman–Crippen LogP) is 2.69. The van der Waals surface area contributed by atoms with Gasteiger partial charge in [0.05, 0.1) is 11.5 Å². The smallest absolute Gasteiger partial charge is 0.107 e. The highest BCUT2D eigenvalue weighted by Crippen LogP contribution is 2.26. The highest BCUT2D eigenvalue weighted by Gasteiger charge is 2.23. The first-order valence-electron chi connectivity index (χ1n) is 7.02. The van der Waals surface area contributed by atoms with E-state index in [1.807, 2.05) is 24.4 Å². The van der Waals surface area contributed by atoms with E-state index in [0.717, 1.165) is 5.01 Å². The van der Waals surface area contributed by atoms with Crippen LogP contribution in [0.3, 0.4) is 0 Å². The Morgan fingerprint density at radius 1 is 1.33 bits per heavy atom. The van der Waals surface area contributed by atoms with E-state index in [1.165, 1.54) is 10.4 Å². The molecule has 0 spiro atoms. The Morgan fingerprint density at radius 2 is 2.10 bits per heavy atom. The number of benzene rings is 1. The molecule has 0 amide bonds. The topological polar surface area (TPSA) is 54.4 Å². The fourth-order valence-corrected chi connectivity index (χ4v) is 3.06. The molecule has 2 N–H and O–H groups in total. The first-order chi connectivity index (χ1) is 10.2. The lowest BCUT2D eigenvalue weighted by atomic mass is 9.99. The number of nitrogens with one attached hydrogen (secondary N) is 1. The molecule has 0 aliphatic carbocycles. The van der Waals surface area contributed by atoms with Gasteiger partial charge in [0.15, 0.2) is 0 Å². The van der Waals surface area contributed by atoms with Gasteiger partial charge >= 0.3 is 0 Å². The van der Waals surface area contributed by atoms with Gasteiger partial charge in [-0.15, -0.1) is 11.3 Å². The number of ether oxygens (including phenoxy) is 1. The number of nitrogens with zero attached hydrogens (tertiary/aromatic N) is 1. The molecule has 21 heavy (non-hydrogen) atoms. The molecule has 0 radical (unpaired) electrons. The zero-order chi connectivity index (χ0) is 15.1. The number of aliphatic hydroxyl groups is 1. The zero-order valence-electron chi connectivity index (χ0n) is 12.5. The van der Waals surface area contributed by atoms with Crippen LogP contribution in [-0.2, 0) is 11.3 Å². The van der Waals surface area contributed by atoms with Crippen molar-refractivity contribution in [3.63, 3.8) is 0 Å². The minimum atomic E-state index is -0.234. The second kappa shape index (κ2) is 7.66. The van der Waals surface area contributed by atoms with Gasteiger partial charge in [-0.2, -0.15) is 0 Å². The first-order valence-corrected chi connectivity index (χ1v) is 7.83. The maximum atomic E-state index is 9.17. The number of rotatable bonds is 8. The molecule has 4 nitrogen and oxygen atoms in total. The summed E-state index contributed by atoms with van der Waals surface area (Å²) in [5.74, 6) is 0. The van der Waals surface area contributed by atoms with Crippen LogP contribution in [-0.4, -0.2) is 36.0 Å². The molecule has 1 unspecified atom stereocenters. The molecule has 5 heteroatoms. The Morgan fingerprint density at radius 3 is 2.76 bits per heavy atom. The summed E-state index contributed by atoms with van der Waals surface area (Å²) in [6.45, 7) is 3.43. The summed E-state index contributed by atoms with van der Waals surface area (Å²) in [6.07, 6.45) is 2.56. The van der Waals surface area contributed by atoms with Crippen molar-refractivity contribution in [3.05, 3.63) is 41.5 Å². The first kappa shape index (κ1) is 16.1. The maximum Gasteiger partial charge on any atom is 0.107 e. The summed E-state index contributed by atoms with van der Waals surface area (Å²) in [4.78, 5) is 5.64. The van der Waals surface area contributed by atoms with E-state index in [1.54, 1.807) is 18.4 Å². The summed E-state index contributed by atoms with van der Waals surface area (Å²) in [7, 11) is 1.67. The van der Waals surface area contributed by atoms with Crippen LogP contribution in [0.2, 0.25) is 0 Å². The van der Waals surface area contributed by atoms with Crippen molar-refractivity contribution in [2.75, 3.05) is 20.3 Å². The largest absolute Gasteiger partial charge is 0.396 e. The summed E-state index contributed by atoms with van der Waals surface area (Å²) >= 11 is 1.69. The molecular weight excluding hydrogens is 284 g/mol. The average molecular weight is 306 g/mol. The standard InChI is InChI=1S/C16H22N2O2S/c1-16(8-9-19,12-20-2)18-11-15-17-10-14(21-15)13-6-4-3-5-7-13/h3-7,10,18-19H,8-9,11-12H2,1-2H3. The van der Waals surface area contributed by atoms with E-state index in [9.17, 15) is 0 Å². The third-order valence-electron chi connectivity index (χ3n) is 3.40. The summed E-state index contributed by atoms with van der Waals surface area (Å²) < 4.78 is 5.23. The van der Waals surface area contributed by atoms with Crippen LogP contribution in [0.5, 0.6) is 0 Å². The molecule has 0 saturated carbocycles. The van der Waals surface area contributed by atoms with Crippen molar-refractivity contribution in [3.8, 4) is 10.4 Å². The van der Waals surface area contributed by atoms with Gasteiger partial charge in [-0.1, -0.05) is 30.3 Å². The fourth-order valence-electron chi connectivity index (χ4n) is 2.19. The van der Waals surface area contributed by atoms with Crippen molar-refractivity contribution < 1.29 is 9.84 Å². The Kier molecular flexibility index (Phi) is 5.87. The summed E-state index contributed by atoms with van der Waals surface area (Å²) in [6, 6.07) is 10.3. The lowest BCUT2D eigenvalue weighted by Crippen LogP contribution is -2.46. The molecule has 2 rings (SSSR count). The molecule has 0 aliphatic rings. The van der Waals surface area contributed by atoms with Gasteiger partial charge in [0.25, 0.3) is 0 Å². The van der Waals surface area contributed by atoms with Crippen LogP contribution in [0, 0.1) is 0 Å². The molecule has 1 heterocycles. The van der Waals surface area contributed by atoms with Gasteiger partial charge in [-0.3, -0.25) is 0 Å². The number of aromatic nitrogens is 1. The van der Waals surface area contributed by atoms with E-state index < -0.39 is 0 Å². The molecule has 1 aromatic heterocycles. The van der Waals surface area contributed by atoms with E-state index >= 15 is 0 Å². The van der Waals surface area contributed by atoms with E-state index in [2.05, 4.69) is 29.4 Å². The molecule has 1 atom stereocenters. The maximum absolute atomic E-state index is 9.17. The van der Waals surface area contributed by atoms with E-state index in [0.29, 0.717) is 19.6 Å². The molecule has 2 aromatic rings. The van der Waals surface area contributed by atoms with E-state index in [4.69, 9.17) is 9.84 Å². The van der Waals surface area contributed by atoms with Gasteiger partial charge in [0, 0.05) is 32.0 Å². The Labute approximate surface area is 129 Å². The van der Waals surface area contributed by atoms with E-state index in [-0.39, 0.29) is 12.1 Å². The SMILES string of the molecule is COCC(C)(CCO)NCc1ncc(-c2ccccc2)s1. The highest BCUT2D eigenvalue weighted by atomic mass is 32.1. The Hall–Kier alpha value is -1.27. The Balaban J connectivity index is 1.99. The van der Waals surface area contributed by atoms with Crippen molar-refractivity contribution in [1.82, 2.24) is 10.3 Å². The van der Waals surface area contributed by atoms with Crippen LogP contribution in [0.25, 0.3) is 10.4 Å². The zero-order valence-corrected chi connectivity index (χ0v) is 13.3. The minimum absolute atomic E-state index is 0.139. The lowest BCUT2D eigenvalue weighted by molar-refractivity contribution is 0.0969. The number of thiazole rings is 1. The third-order valence-corrected chi connectivity index (χ3v) is 4.45. The van der Waals surface area contributed by atoms with Crippen LogP contribution < -0.4 is 5.32 Å². The fraction of sp³-hybridized carbons (Fsp3) is 0.438. The normalized spacial score (nSPS) is 14.0. The van der Waals surface area contributed by atoms with Gasteiger partial charge in [-0.25, -0.2) is 4.98 Å². The summed E-state index contributed by atoms with van der Waals surface area (Å²) in [5, 5.41) is 13.6. The number of hydrogen-bond acceptors (Lipinski definition) is 5. The van der Waals surface area contributed by atoms with Gasteiger partial charge in [0.1, 0.15) is 5.01 Å². The second-order valence-corrected chi connectivity index (χ2v) is 6.42. The van der Waals surface area contributed by atoms with Crippen LogP contribution in [0.1, 0.15) is 18.4 Å². The molecular formula is C16H22N2O2S. The van der Waals surface area contributed by atoms with Crippen molar-refractivity contribution in [1.29, 1.82) is 0 Å². The van der Waals surface area contributed by atoms with Crippen LogP contribution in [0.15, 0.2) is 36.5 Å². The average Bonchev–Trinajstić information content (AvgIpc) is 2.96. The third kappa shape index (κ3) is 4.61. The van der Waals surface area contributed by atoms with Gasteiger partial charge in [0.2, 0.25) is 0 Å². The van der Waals surface area contributed by atoms with Crippen molar-refractivity contribution in [2.24, 2.45) is 0 Å². The highest BCUT2D eigenvalue weighted by molar-refractivity contribution is 7.15. The van der Waals surface area contributed by atoms with Crippen LogP contribution >= 0.6 is 11.3 Å². The molecule has 114 valence electrons. The van der Waals surface area contributed by atoms with Crippen LogP contribution in [0.4, 0.5) is 0 Å². The molecule has 0 saturated heterocycles. The number of methoxy groups -OCH3 is 1. The predicted molar refractivity (Wildman–Crippen MR) is 86.4 cm³/mol. The molecule has 0 fully saturated rings. The van der Waals surface area contributed by atoms with Gasteiger partial charge < -0.3 is 15.2 Å². The molecule has 0 bridgehead atoms. The Bertz CT molecular complexity index is 536. The lowest BCUT2D eigenvalue weighted by Gasteiger charge is -2.29. The summed E-state index contributed by atoms with van der Waals surface area (Å²) in [5.41, 5.74) is 0.957.